The zero-order chi connectivity index (χ0) is 16.8. The van der Waals surface area contributed by atoms with E-state index in [9.17, 15) is 0 Å². The molecule has 4 aromatic heterocycles. The van der Waals surface area contributed by atoms with Gasteiger partial charge in [0.05, 0.1) is 11.4 Å². The third-order valence-electron chi connectivity index (χ3n) is 4.60. The Balaban J connectivity index is 1.37. The second-order valence-electron chi connectivity index (χ2n) is 6.07. The fourth-order valence-corrected chi connectivity index (χ4v) is 3.11. The van der Waals surface area contributed by atoms with Crippen LogP contribution in [0.15, 0.2) is 43.1 Å². The second-order valence-corrected chi connectivity index (χ2v) is 6.07. The molecular weight excluding hydrogens is 318 g/mol. The van der Waals surface area contributed by atoms with Crippen molar-refractivity contribution in [3.05, 3.63) is 43.1 Å². The topological polar surface area (TPSA) is 88.2 Å². The van der Waals surface area contributed by atoms with Crippen LogP contribution in [0.4, 0.5) is 11.6 Å². The molecule has 124 valence electrons. The number of hydrogen-bond donors (Lipinski definition) is 0. The number of nitrogens with zero attached hydrogens (tertiary/aromatic N) is 9. The van der Waals surface area contributed by atoms with E-state index in [1.165, 1.54) is 0 Å². The first kappa shape index (κ1) is 14.0. The first-order valence-electron chi connectivity index (χ1n) is 8.00. The highest BCUT2D eigenvalue weighted by atomic mass is 15.4. The summed E-state index contributed by atoms with van der Waals surface area (Å²) < 4.78 is 1.69. The SMILES string of the molecule is CN(c1ncnc2ncccc12)C1CN(c2ccc3nncn3n2)C1. The van der Waals surface area contributed by atoms with E-state index in [1.54, 1.807) is 23.4 Å². The van der Waals surface area contributed by atoms with Gasteiger partial charge in [-0.05, 0) is 24.3 Å². The molecule has 5 rings (SSSR count). The maximum absolute atomic E-state index is 4.54. The van der Waals surface area contributed by atoms with Gasteiger partial charge in [-0.3, -0.25) is 0 Å². The maximum atomic E-state index is 4.54. The van der Waals surface area contributed by atoms with Gasteiger partial charge in [0, 0.05) is 26.3 Å². The number of fused-ring (bicyclic) bond motifs is 2. The smallest absolute Gasteiger partial charge is 0.177 e. The van der Waals surface area contributed by atoms with Crippen molar-refractivity contribution in [2.75, 3.05) is 29.9 Å². The van der Waals surface area contributed by atoms with E-state index in [0.717, 1.165) is 41.4 Å². The van der Waals surface area contributed by atoms with Crippen LogP contribution in [0.25, 0.3) is 16.7 Å². The lowest BCUT2D eigenvalue weighted by molar-refractivity contribution is 0.488. The number of rotatable bonds is 3. The molecule has 0 aromatic carbocycles. The van der Waals surface area contributed by atoms with Crippen molar-refractivity contribution in [3.63, 3.8) is 0 Å². The van der Waals surface area contributed by atoms with Gasteiger partial charge in [-0.25, -0.2) is 15.0 Å². The monoisotopic (exact) mass is 333 g/mol. The minimum absolute atomic E-state index is 0.358. The molecule has 9 nitrogen and oxygen atoms in total. The van der Waals surface area contributed by atoms with Crippen LogP contribution in [0, 0.1) is 0 Å². The summed E-state index contributed by atoms with van der Waals surface area (Å²) >= 11 is 0. The molecule has 0 N–H and O–H groups in total. The van der Waals surface area contributed by atoms with Crippen LogP contribution in [0.5, 0.6) is 0 Å². The van der Waals surface area contributed by atoms with Crippen molar-refractivity contribution in [3.8, 4) is 0 Å². The molecule has 25 heavy (non-hydrogen) atoms. The van der Waals surface area contributed by atoms with E-state index in [1.807, 2.05) is 24.3 Å². The van der Waals surface area contributed by atoms with Gasteiger partial charge in [-0.2, -0.15) is 4.52 Å². The van der Waals surface area contributed by atoms with Crippen molar-refractivity contribution in [2.24, 2.45) is 0 Å². The van der Waals surface area contributed by atoms with E-state index in [-0.39, 0.29) is 0 Å². The largest absolute Gasteiger partial charge is 0.352 e. The van der Waals surface area contributed by atoms with Gasteiger partial charge in [0.25, 0.3) is 0 Å². The number of pyridine rings is 1. The van der Waals surface area contributed by atoms with Crippen LogP contribution in [0.3, 0.4) is 0 Å². The molecule has 0 spiro atoms. The fourth-order valence-electron chi connectivity index (χ4n) is 3.11. The summed E-state index contributed by atoms with van der Waals surface area (Å²) in [7, 11) is 2.06. The number of anilines is 2. The molecule has 0 saturated carbocycles. The summed E-state index contributed by atoms with van der Waals surface area (Å²) in [6.07, 6.45) is 4.93. The Labute approximate surface area is 143 Å². The molecule has 0 amide bonds. The molecule has 5 heterocycles. The van der Waals surface area contributed by atoms with E-state index >= 15 is 0 Å². The summed E-state index contributed by atoms with van der Waals surface area (Å²) in [6, 6.07) is 8.18. The van der Waals surface area contributed by atoms with Gasteiger partial charge < -0.3 is 9.80 Å². The van der Waals surface area contributed by atoms with Crippen molar-refractivity contribution in [1.82, 2.24) is 34.8 Å². The summed E-state index contributed by atoms with van der Waals surface area (Å²) in [5.74, 6) is 1.83. The Morgan fingerprint density at radius 3 is 2.96 bits per heavy atom. The van der Waals surface area contributed by atoms with Crippen LogP contribution in [-0.2, 0) is 0 Å². The van der Waals surface area contributed by atoms with Crippen molar-refractivity contribution in [2.45, 2.75) is 6.04 Å². The minimum Gasteiger partial charge on any atom is -0.352 e. The zero-order valence-electron chi connectivity index (χ0n) is 13.6. The normalized spacial score (nSPS) is 14.8. The van der Waals surface area contributed by atoms with E-state index in [0.29, 0.717) is 6.04 Å². The lowest BCUT2D eigenvalue weighted by atomic mass is 10.1. The number of aromatic nitrogens is 7. The molecule has 0 aliphatic carbocycles. The van der Waals surface area contributed by atoms with Gasteiger partial charge in [0.1, 0.15) is 24.3 Å². The predicted molar refractivity (Wildman–Crippen MR) is 92.5 cm³/mol. The van der Waals surface area contributed by atoms with Crippen LogP contribution in [-0.4, -0.2) is 60.9 Å². The van der Waals surface area contributed by atoms with Crippen molar-refractivity contribution >= 4 is 28.3 Å². The van der Waals surface area contributed by atoms with Crippen molar-refractivity contribution < 1.29 is 0 Å². The molecule has 1 aliphatic rings. The van der Waals surface area contributed by atoms with Crippen LogP contribution < -0.4 is 9.80 Å². The fraction of sp³-hybridized carbons (Fsp3) is 0.250. The van der Waals surface area contributed by atoms with Gasteiger partial charge in [0.15, 0.2) is 11.3 Å². The lowest BCUT2D eigenvalue weighted by Gasteiger charge is -2.45. The minimum atomic E-state index is 0.358. The Bertz CT molecular complexity index is 1050. The average Bonchev–Trinajstić information content (AvgIpc) is 3.07. The quantitative estimate of drug-likeness (QED) is 0.544. The first-order chi connectivity index (χ1) is 12.3. The number of hydrogen-bond acceptors (Lipinski definition) is 8. The van der Waals surface area contributed by atoms with Crippen LogP contribution in [0.2, 0.25) is 0 Å². The molecule has 1 saturated heterocycles. The van der Waals surface area contributed by atoms with E-state index < -0.39 is 0 Å². The van der Waals surface area contributed by atoms with Crippen LogP contribution >= 0.6 is 0 Å². The molecule has 0 unspecified atom stereocenters. The summed E-state index contributed by atoms with van der Waals surface area (Å²) in [4.78, 5) is 17.4. The lowest BCUT2D eigenvalue weighted by Crippen LogP contribution is -2.59. The molecule has 4 aromatic rings. The van der Waals surface area contributed by atoms with Crippen molar-refractivity contribution in [1.29, 1.82) is 0 Å². The number of likely N-dealkylation sites (N-methyl/N-ethyl adjacent to an activating group) is 1. The van der Waals surface area contributed by atoms with E-state index in [4.69, 9.17) is 0 Å². The summed E-state index contributed by atoms with van der Waals surface area (Å²) in [5.41, 5.74) is 1.47. The average molecular weight is 333 g/mol. The Morgan fingerprint density at radius 2 is 2.04 bits per heavy atom. The van der Waals surface area contributed by atoms with Gasteiger partial charge in [0.2, 0.25) is 0 Å². The Hall–Kier alpha value is -3.36. The predicted octanol–water partition coefficient (Wildman–Crippen LogP) is 0.787. The highest BCUT2D eigenvalue weighted by Crippen LogP contribution is 2.27. The Kier molecular flexibility index (Phi) is 2.99. The Morgan fingerprint density at radius 1 is 1.12 bits per heavy atom. The first-order valence-corrected chi connectivity index (χ1v) is 8.00. The second kappa shape index (κ2) is 5.33. The summed E-state index contributed by atoms with van der Waals surface area (Å²) in [5, 5.41) is 13.3. The molecule has 0 bridgehead atoms. The van der Waals surface area contributed by atoms with Gasteiger partial charge in [-0.15, -0.1) is 15.3 Å². The molecule has 1 aliphatic heterocycles. The highest BCUT2D eigenvalue weighted by Gasteiger charge is 2.32. The zero-order valence-corrected chi connectivity index (χ0v) is 13.6. The molecule has 0 atom stereocenters. The highest BCUT2D eigenvalue weighted by molar-refractivity contribution is 5.86. The van der Waals surface area contributed by atoms with Gasteiger partial charge >= 0.3 is 0 Å². The standard InChI is InChI=1S/C16H15N9/c1-23(16-12-3-2-6-17-15(12)18-9-19-16)11-7-24(8-11)14-5-4-13-21-20-10-25(13)22-14/h2-6,9-11H,7-8H2,1H3. The van der Waals surface area contributed by atoms with Gasteiger partial charge in [-0.1, -0.05) is 0 Å². The third-order valence-corrected chi connectivity index (χ3v) is 4.60. The van der Waals surface area contributed by atoms with E-state index in [2.05, 4.69) is 47.1 Å². The molecule has 1 fully saturated rings. The molecule has 0 radical (unpaired) electrons. The van der Waals surface area contributed by atoms with Crippen LogP contribution in [0.1, 0.15) is 0 Å². The molecular formula is C16H15N9. The third kappa shape index (κ3) is 2.24. The summed E-state index contributed by atoms with van der Waals surface area (Å²) in [6.45, 7) is 1.76. The maximum Gasteiger partial charge on any atom is 0.177 e. The molecule has 9 heteroatoms.